The largest absolute Gasteiger partial charge is 0.496 e. The molecule has 0 unspecified atom stereocenters. The van der Waals surface area contributed by atoms with E-state index in [4.69, 9.17) is 4.74 Å². The smallest absolute Gasteiger partial charge is 0.191 e. The van der Waals surface area contributed by atoms with Crippen molar-refractivity contribution < 1.29 is 23.3 Å². The predicted molar refractivity (Wildman–Crippen MR) is 77.1 cm³/mol. The fraction of sp³-hybridized carbons (Fsp3) is 0.200. The van der Waals surface area contributed by atoms with Crippen LogP contribution in [-0.2, 0) is 9.84 Å². The van der Waals surface area contributed by atoms with E-state index in [1.54, 1.807) is 24.3 Å². The molecule has 0 saturated carbocycles. The highest BCUT2D eigenvalue weighted by atomic mass is 32.2. The minimum atomic E-state index is -3.66. The molecule has 0 bridgehead atoms. The Morgan fingerprint density at radius 1 is 1.14 bits per heavy atom. The molecule has 0 aliphatic carbocycles. The van der Waals surface area contributed by atoms with Crippen LogP contribution < -0.4 is 10.5 Å². The zero-order valence-electron chi connectivity index (χ0n) is 11.6. The van der Waals surface area contributed by atoms with Gasteiger partial charge in [-0.2, -0.15) is 0 Å². The van der Waals surface area contributed by atoms with Gasteiger partial charge in [0, 0.05) is 5.56 Å². The van der Waals surface area contributed by atoms with Crippen LogP contribution in [0.15, 0.2) is 53.4 Å². The van der Waals surface area contributed by atoms with Crippen LogP contribution in [0.5, 0.6) is 5.75 Å². The summed E-state index contributed by atoms with van der Waals surface area (Å²) in [5, 5.41) is -0.834. The van der Waals surface area contributed by atoms with Gasteiger partial charge in [0.1, 0.15) is 16.8 Å². The molecule has 6 heteroatoms. The van der Waals surface area contributed by atoms with Crippen LogP contribution >= 0.6 is 0 Å². The van der Waals surface area contributed by atoms with Gasteiger partial charge in [0.25, 0.3) is 0 Å². The fourth-order valence-electron chi connectivity index (χ4n) is 2.20. The van der Waals surface area contributed by atoms with Gasteiger partial charge in [-0.15, -0.1) is 0 Å². The van der Waals surface area contributed by atoms with Crippen LogP contribution in [0.1, 0.15) is 10.8 Å². The van der Waals surface area contributed by atoms with Gasteiger partial charge in [-0.05, 0) is 30.3 Å². The number of para-hydroxylation sites is 1. The summed E-state index contributed by atoms with van der Waals surface area (Å²) in [4.78, 5) is 0.0726. The maximum Gasteiger partial charge on any atom is 0.191 e. The molecule has 0 aliphatic heterocycles. The molecule has 0 heterocycles. The molecule has 0 aromatic heterocycles. The third kappa shape index (κ3) is 3.06. The van der Waals surface area contributed by atoms with Crippen LogP contribution in [0.2, 0.25) is 0 Å². The van der Waals surface area contributed by atoms with E-state index in [0.717, 1.165) is 12.1 Å². The number of hydrogen-bond donors (Lipinski definition) is 1. The highest BCUT2D eigenvalue weighted by Gasteiger charge is 2.31. The fourth-order valence-corrected chi connectivity index (χ4v) is 3.88. The van der Waals surface area contributed by atoms with Crippen molar-refractivity contribution in [3.05, 3.63) is 59.9 Å². The SMILES string of the molecule is COc1ccccc1[C@@H](C[NH3+])S(=O)(=O)c1ccc(F)cc1. The Labute approximate surface area is 123 Å². The molecule has 1 atom stereocenters. The molecule has 2 aromatic carbocycles. The van der Waals surface area contributed by atoms with E-state index in [-0.39, 0.29) is 11.4 Å². The van der Waals surface area contributed by atoms with Gasteiger partial charge in [-0.3, -0.25) is 0 Å². The molecule has 4 nitrogen and oxygen atoms in total. The Kier molecular flexibility index (Phi) is 4.59. The number of quaternary nitrogens is 1. The van der Waals surface area contributed by atoms with E-state index in [2.05, 4.69) is 5.73 Å². The zero-order valence-corrected chi connectivity index (χ0v) is 12.4. The first-order valence-electron chi connectivity index (χ1n) is 6.42. The topological polar surface area (TPSA) is 71.0 Å². The average Bonchev–Trinajstić information content (AvgIpc) is 2.48. The van der Waals surface area contributed by atoms with Crippen molar-refractivity contribution in [3.63, 3.8) is 0 Å². The molecular formula is C15H17FNO3S+. The normalized spacial score (nSPS) is 12.9. The average molecular weight is 310 g/mol. The molecule has 0 radical (unpaired) electrons. The first kappa shape index (κ1) is 15.5. The van der Waals surface area contributed by atoms with Crippen molar-refractivity contribution in [2.24, 2.45) is 0 Å². The van der Waals surface area contributed by atoms with Crippen molar-refractivity contribution in [2.45, 2.75) is 10.1 Å². The Hall–Kier alpha value is -1.92. The minimum absolute atomic E-state index is 0.0726. The number of halogens is 1. The van der Waals surface area contributed by atoms with Crippen LogP contribution in [0.25, 0.3) is 0 Å². The monoisotopic (exact) mass is 310 g/mol. The lowest BCUT2D eigenvalue weighted by molar-refractivity contribution is -0.367. The Morgan fingerprint density at radius 2 is 1.76 bits per heavy atom. The Bertz CT molecular complexity index is 714. The molecule has 2 aromatic rings. The van der Waals surface area contributed by atoms with Gasteiger partial charge in [-0.1, -0.05) is 18.2 Å². The summed E-state index contributed by atoms with van der Waals surface area (Å²) in [5.74, 6) is 0.0225. The number of hydrogen-bond acceptors (Lipinski definition) is 3. The van der Waals surface area contributed by atoms with Gasteiger partial charge in [0.15, 0.2) is 9.84 Å². The zero-order chi connectivity index (χ0) is 15.5. The number of ether oxygens (including phenoxy) is 1. The molecule has 0 saturated heterocycles. The van der Waals surface area contributed by atoms with Gasteiger partial charge in [0.05, 0.1) is 18.6 Å². The quantitative estimate of drug-likeness (QED) is 0.853. The third-order valence-corrected chi connectivity index (χ3v) is 5.43. The van der Waals surface area contributed by atoms with Crippen molar-refractivity contribution >= 4 is 9.84 Å². The van der Waals surface area contributed by atoms with E-state index < -0.39 is 20.9 Å². The molecule has 112 valence electrons. The lowest BCUT2D eigenvalue weighted by Crippen LogP contribution is -2.54. The molecule has 0 amide bonds. The summed E-state index contributed by atoms with van der Waals surface area (Å²) >= 11 is 0. The van der Waals surface area contributed by atoms with E-state index >= 15 is 0 Å². The van der Waals surface area contributed by atoms with Gasteiger partial charge >= 0.3 is 0 Å². The van der Waals surface area contributed by atoms with Crippen molar-refractivity contribution in [1.82, 2.24) is 0 Å². The second kappa shape index (κ2) is 6.24. The maximum absolute atomic E-state index is 13.0. The van der Waals surface area contributed by atoms with Crippen LogP contribution in [0.4, 0.5) is 4.39 Å². The summed E-state index contributed by atoms with van der Waals surface area (Å²) in [6.07, 6.45) is 0. The first-order chi connectivity index (χ1) is 10.0. The lowest BCUT2D eigenvalue weighted by atomic mass is 10.1. The summed E-state index contributed by atoms with van der Waals surface area (Å²) in [5.41, 5.74) is 4.29. The second-order valence-electron chi connectivity index (χ2n) is 4.52. The molecule has 0 fully saturated rings. The highest BCUT2D eigenvalue weighted by Crippen LogP contribution is 2.33. The minimum Gasteiger partial charge on any atom is -0.496 e. The molecule has 0 spiro atoms. The van der Waals surface area contributed by atoms with Gasteiger partial charge < -0.3 is 10.5 Å². The van der Waals surface area contributed by atoms with Gasteiger partial charge in [-0.25, -0.2) is 12.8 Å². The second-order valence-corrected chi connectivity index (χ2v) is 6.65. The molecular weight excluding hydrogens is 293 g/mol. The van der Waals surface area contributed by atoms with Crippen molar-refractivity contribution in [3.8, 4) is 5.75 Å². The Balaban J connectivity index is 2.52. The number of sulfone groups is 1. The van der Waals surface area contributed by atoms with E-state index in [1.165, 1.54) is 19.2 Å². The standard InChI is InChI=1S/C15H16FNO3S/c1-20-14-5-3-2-4-13(14)15(10-17)21(18,19)12-8-6-11(16)7-9-12/h2-9,15H,10,17H2,1H3/p+1/t15-/m1/s1. The Morgan fingerprint density at radius 3 is 2.33 bits per heavy atom. The van der Waals surface area contributed by atoms with Crippen LogP contribution in [-0.4, -0.2) is 22.1 Å². The van der Waals surface area contributed by atoms with Crippen LogP contribution in [0.3, 0.4) is 0 Å². The molecule has 0 aliphatic rings. The highest BCUT2D eigenvalue weighted by molar-refractivity contribution is 7.91. The van der Waals surface area contributed by atoms with E-state index in [9.17, 15) is 12.8 Å². The summed E-state index contributed by atoms with van der Waals surface area (Å²) in [7, 11) is -2.17. The molecule has 21 heavy (non-hydrogen) atoms. The first-order valence-corrected chi connectivity index (χ1v) is 7.97. The molecule has 2 rings (SSSR count). The number of methoxy groups -OCH3 is 1. The van der Waals surface area contributed by atoms with Crippen molar-refractivity contribution in [2.75, 3.05) is 13.7 Å². The van der Waals surface area contributed by atoms with Gasteiger partial charge in [0.2, 0.25) is 0 Å². The van der Waals surface area contributed by atoms with Crippen LogP contribution in [0, 0.1) is 5.82 Å². The maximum atomic E-state index is 13.0. The molecule has 3 N–H and O–H groups in total. The van der Waals surface area contributed by atoms with E-state index in [1.807, 2.05) is 0 Å². The predicted octanol–water partition coefficient (Wildman–Crippen LogP) is 1.59. The van der Waals surface area contributed by atoms with E-state index in [0.29, 0.717) is 11.3 Å². The third-order valence-electron chi connectivity index (χ3n) is 3.26. The summed E-state index contributed by atoms with van der Waals surface area (Å²) in [6.45, 7) is 0.153. The summed E-state index contributed by atoms with van der Waals surface area (Å²) < 4.78 is 43.6. The summed E-state index contributed by atoms with van der Waals surface area (Å²) in [6, 6.07) is 11.7. The lowest BCUT2D eigenvalue weighted by Gasteiger charge is -2.17. The van der Waals surface area contributed by atoms with Crippen molar-refractivity contribution in [1.29, 1.82) is 0 Å². The number of benzene rings is 2. The number of rotatable bonds is 5.